The zero-order valence-corrected chi connectivity index (χ0v) is 7.79. The molecule has 0 bridgehead atoms. The Balaban J connectivity index is 2.74. The van der Waals surface area contributed by atoms with Gasteiger partial charge in [-0.2, -0.15) is 0 Å². The van der Waals surface area contributed by atoms with Gasteiger partial charge in [0, 0.05) is 5.02 Å². The molecule has 3 nitrogen and oxygen atoms in total. The third kappa shape index (κ3) is 2.72. The van der Waals surface area contributed by atoms with Crippen molar-refractivity contribution in [1.29, 1.82) is 0 Å². The Bertz CT molecular complexity index is 314. The smallest absolute Gasteiger partial charge is 0.234 e. The SMILES string of the molecule is NC(=O)C(N)Cc1ccccc1Cl. The van der Waals surface area contributed by atoms with E-state index in [0.717, 1.165) is 5.56 Å². The molecule has 1 atom stereocenters. The van der Waals surface area contributed by atoms with Crippen molar-refractivity contribution in [2.45, 2.75) is 12.5 Å². The van der Waals surface area contributed by atoms with Crippen LogP contribution in [0.3, 0.4) is 0 Å². The van der Waals surface area contributed by atoms with Gasteiger partial charge in [-0.3, -0.25) is 4.79 Å². The molecule has 0 aromatic heterocycles. The van der Waals surface area contributed by atoms with E-state index in [9.17, 15) is 4.79 Å². The topological polar surface area (TPSA) is 69.1 Å². The quantitative estimate of drug-likeness (QED) is 0.751. The number of carbonyl (C=O) groups excluding carboxylic acids is 1. The monoisotopic (exact) mass is 198 g/mol. The first-order valence-corrected chi connectivity index (χ1v) is 4.27. The molecule has 0 spiro atoms. The van der Waals surface area contributed by atoms with Gasteiger partial charge in [-0.1, -0.05) is 29.8 Å². The number of halogens is 1. The summed E-state index contributed by atoms with van der Waals surface area (Å²) in [5, 5.41) is 0.610. The number of rotatable bonds is 3. The molecule has 0 heterocycles. The van der Waals surface area contributed by atoms with Crippen molar-refractivity contribution in [1.82, 2.24) is 0 Å². The molecule has 1 rings (SSSR count). The van der Waals surface area contributed by atoms with Crippen molar-refractivity contribution >= 4 is 17.5 Å². The second kappa shape index (κ2) is 4.25. The minimum absolute atomic E-state index is 0.384. The third-order valence-electron chi connectivity index (χ3n) is 1.76. The van der Waals surface area contributed by atoms with Gasteiger partial charge in [-0.05, 0) is 18.1 Å². The van der Waals surface area contributed by atoms with Crippen LogP contribution < -0.4 is 11.5 Å². The highest BCUT2D eigenvalue weighted by Gasteiger charge is 2.11. The lowest BCUT2D eigenvalue weighted by Crippen LogP contribution is -2.38. The number of benzene rings is 1. The molecule has 1 unspecified atom stereocenters. The van der Waals surface area contributed by atoms with E-state index in [1.807, 2.05) is 18.2 Å². The summed E-state index contributed by atoms with van der Waals surface area (Å²) in [5.41, 5.74) is 11.4. The molecule has 0 saturated carbocycles. The second-order valence-electron chi connectivity index (χ2n) is 2.80. The highest BCUT2D eigenvalue weighted by Crippen LogP contribution is 2.15. The molecule has 70 valence electrons. The number of amides is 1. The minimum atomic E-state index is -0.667. The summed E-state index contributed by atoms with van der Waals surface area (Å²) in [5.74, 6) is -0.514. The Labute approximate surface area is 81.7 Å². The van der Waals surface area contributed by atoms with Gasteiger partial charge in [0.1, 0.15) is 0 Å². The minimum Gasteiger partial charge on any atom is -0.368 e. The van der Waals surface area contributed by atoms with Crippen molar-refractivity contribution in [2.24, 2.45) is 11.5 Å². The van der Waals surface area contributed by atoms with Gasteiger partial charge in [0.2, 0.25) is 5.91 Å². The van der Waals surface area contributed by atoms with E-state index >= 15 is 0 Å². The summed E-state index contributed by atoms with van der Waals surface area (Å²) in [6.07, 6.45) is 0.384. The molecule has 0 aliphatic carbocycles. The Hall–Kier alpha value is -1.06. The molecular weight excluding hydrogens is 188 g/mol. The number of primary amides is 1. The van der Waals surface area contributed by atoms with Crippen LogP contribution in [0.4, 0.5) is 0 Å². The maximum absolute atomic E-state index is 10.7. The van der Waals surface area contributed by atoms with Gasteiger partial charge in [0.15, 0.2) is 0 Å². The second-order valence-corrected chi connectivity index (χ2v) is 3.21. The van der Waals surface area contributed by atoms with Crippen LogP contribution in [0, 0.1) is 0 Å². The van der Waals surface area contributed by atoms with Crippen molar-refractivity contribution < 1.29 is 4.79 Å². The summed E-state index contributed by atoms with van der Waals surface area (Å²) in [4.78, 5) is 10.7. The standard InChI is InChI=1S/C9H11ClN2O/c10-7-4-2-1-3-6(7)5-8(11)9(12)13/h1-4,8H,5,11H2,(H2,12,13). The molecular formula is C9H11ClN2O. The number of hydrogen-bond acceptors (Lipinski definition) is 2. The summed E-state index contributed by atoms with van der Waals surface area (Å²) >= 11 is 5.87. The first-order valence-electron chi connectivity index (χ1n) is 3.89. The van der Waals surface area contributed by atoms with Crippen molar-refractivity contribution in [3.63, 3.8) is 0 Å². The predicted molar refractivity (Wildman–Crippen MR) is 52.3 cm³/mol. The Kier molecular flexibility index (Phi) is 3.28. The first kappa shape index (κ1) is 10.0. The molecule has 4 N–H and O–H groups in total. The van der Waals surface area contributed by atoms with Gasteiger partial charge in [-0.15, -0.1) is 0 Å². The maximum Gasteiger partial charge on any atom is 0.234 e. The Morgan fingerprint density at radius 2 is 2.08 bits per heavy atom. The molecule has 1 aromatic carbocycles. The van der Waals surface area contributed by atoms with E-state index < -0.39 is 11.9 Å². The van der Waals surface area contributed by atoms with E-state index in [1.54, 1.807) is 6.07 Å². The van der Waals surface area contributed by atoms with Crippen LogP contribution in [-0.4, -0.2) is 11.9 Å². The van der Waals surface area contributed by atoms with Crippen LogP contribution in [-0.2, 0) is 11.2 Å². The zero-order valence-electron chi connectivity index (χ0n) is 7.03. The Morgan fingerprint density at radius 1 is 1.46 bits per heavy atom. The van der Waals surface area contributed by atoms with Crippen molar-refractivity contribution in [3.8, 4) is 0 Å². The van der Waals surface area contributed by atoms with Crippen LogP contribution in [0.1, 0.15) is 5.56 Å². The summed E-state index contributed by atoms with van der Waals surface area (Å²) in [6, 6.07) is 6.58. The van der Waals surface area contributed by atoms with E-state index in [4.69, 9.17) is 23.1 Å². The lowest BCUT2D eigenvalue weighted by Gasteiger charge is -2.08. The average Bonchev–Trinajstić information content (AvgIpc) is 2.08. The molecule has 1 aromatic rings. The lowest BCUT2D eigenvalue weighted by molar-refractivity contribution is -0.119. The van der Waals surface area contributed by atoms with E-state index in [2.05, 4.69) is 0 Å². The molecule has 0 fully saturated rings. The zero-order chi connectivity index (χ0) is 9.84. The number of hydrogen-bond donors (Lipinski definition) is 2. The molecule has 13 heavy (non-hydrogen) atoms. The average molecular weight is 199 g/mol. The fraction of sp³-hybridized carbons (Fsp3) is 0.222. The predicted octanol–water partition coefficient (Wildman–Crippen LogP) is 0.695. The molecule has 4 heteroatoms. The van der Waals surface area contributed by atoms with E-state index in [0.29, 0.717) is 11.4 Å². The highest BCUT2D eigenvalue weighted by molar-refractivity contribution is 6.31. The Morgan fingerprint density at radius 3 is 2.62 bits per heavy atom. The highest BCUT2D eigenvalue weighted by atomic mass is 35.5. The van der Waals surface area contributed by atoms with Crippen LogP contribution in [0.25, 0.3) is 0 Å². The van der Waals surface area contributed by atoms with Gasteiger partial charge in [0.05, 0.1) is 6.04 Å². The van der Waals surface area contributed by atoms with Crippen molar-refractivity contribution in [3.05, 3.63) is 34.9 Å². The third-order valence-corrected chi connectivity index (χ3v) is 2.13. The normalized spacial score (nSPS) is 12.5. The molecule has 0 radical (unpaired) electrons. The summed E-state index contributed by atoms with van der Waals surface area (Å²) < 4.78 is 0. The van der Waals surface area contributed by atoms with Gasteiger partial charge >= 0.3 is 0 Å². The molecule has 0 aliphatic heterocycles. The lowest BCUT2D eigenvalue weighted by atomic mass is 10.1. The van der Waals surface area contributed by atoms with E-state index in [1.165, 1.54) is 0 Å². The van der Waals surface area contributed by atoms with Crippen LogP contribution in [0.2, 0.25) is 5.02 Å². The molecule has 1 amide bonds. The maximum atomic E-state index is 10.7. The first-order chi connectivity index (χ1) is 6.11. The van der Waals surface area contributed by atoms with Gasteiger partial charge in [0.25, 0.3) is 0 Å². The van der Waals surface area contributed by atoms with E-state index in [-0.39, 0.29) is 0 Å². The fourth-order valence-corrected chi connectivity index (χ4v) is 1.21. The number of nitrogens with two attached hydrogens (primary N) is 2. The summed E-state index contributed by atoms with van der Waals surface area (Å²) in [7, 11) is 0. The number of carbonyl (C=O) groups is 1. The van der Waals surface area contributed by atoms with Gasteiger partial charge < -0.3 is 11.5 Å². The molecule has 0 aliphatic rings. The summed E-state index contributed by atoms with van der Waals surface area (Å²) in [6.45, 7) is 0. The fourth-order valence-electron chi connectivity index (χ4n) is 1.00. The van der Waals surface area contributed by atoms with Crippen LogP contribution in [0.5, 0.6) is 0 Å². The largest absolute Gasteiger partial charge is 0.368 e. The van der Waals surface area contributed by atoms with Crippen molar-refractivity contribution in [2.75, 3.05) is 0 Å². The molecule has 0 saturated heterocycles. The van der Waals surface area contributed by atoms with Gasteiger partial charge in [-0.25, -0.2) is 0 Å². The van der Waals surface area contributed by atoms with Crippen LogP contribution >= 0.6 is 11.6 Å². The van der Waals surface area contributed by atoms with Crippen LogP contribution in [0.15, 0.2) is 24.3 Å².